The van der Waals surface area contributed by atoms with E-state index < -0.39 is 18.4 Å². The molecule has 0 unspecified atom stereocenters. The molecule has 1 aliphatic rings. The minimum atomic E-state index is -4.11. The molecule has 0 amide bonds. The van der Waals surface area contributed by atoms with E-state index in [2.05, 4.69) is 0 Å². The summed E-state index contributed by atoms with van der Waals surface area (Å²) >= 11 is 5.72. The number of benzene rings is 1. The third kappa shape index (κ3) is 4.24. The highest BCUT2D eigenvalue weighted by Crippen LogP contribution is 2.24. The van der Waals surface area contributed by atoms with Crippen molar-refractivity contribution in [1.82, 2.24) is 4.90 Å². The molecule has 1 aromatic carbocycles. The highest BCUT2D eigenvalue weighted by Gasteiger charge is 2.28. The van der Waals surface area contributed by atoms with E-state index in [1.807, 2.05) is 4.90 Å². The zero-order chi connectivity index (χ0) is 14.8. The number of nitrogens with zero attached hydrogens (tertiary/aromatic N) is 2. The van der Waals surface area contributed by atoms with Gasteiger partial charge in [-0.1, -0.05) is 11.6 Å². The average molecular weight is 311 g/mol. The minimum Gasteiger partial charge on any atom is -0.369 e. The molecule has 1 fully saturated rings. The molecular formula is C13H15ClF4N2. The van der Waals surface area contributed by atoms with Gasteiger partial charge < -0.3 is 4.90 Å². The maximum absolute atomic E-state index is 13.1. The first-order valence-corrected chi connectivity index (χ1v) is 6.72. The molecule has 0 aliphatic carbocycles. The van der Waals surface area contributed by atoms with Gasteiger partial charge in [0.25, 0.3) is 0 Å². The minimum absolute atomic E-state index is 0.0293. The number of halogens is 5. The van der Waals surface area contributed by atoms with Crippen molar-refractivity contribution in [2.75, 3.05) is 37.6 Å². The van der Waals surface area contributed by atoms with Gasteiger partial charge in [-0.05, 0) is 18.2 Å². The molecule has 112 valence electrons. The number of rotatable bonds is 3. The zero-order valence-corrected chi connectivity index (χ0v) is 11.5. The molecule has 0 radical (unpaired) electrons. The molecule has 1 saturated heterocycles. The van der Waals surface area contributed by atoms with Gasteiger partial charge in [0.2, 0.25) is 0 Å². The normalized spacial score (nSPS) is 17.6. The van der Waals surface area contributed by atoms with E-state index in [1.165, 1.54) is 6.07 Å². The molecule has 2 nitrogen and oxygen atoms in total. The van der Waals surface area contributed by atoms with Crippen molar-refractivity contribution in [3.63, 3.8) is 0 Å². The van der Waals surface area contributed by atoms with E-state index in [4.69, 9.17) is 11.6 Å². The van der Waals surface area contributed by atoms with Gasteiger partial charge in [-0.25, -0.2) is 4.39 Å². The molecule has 0 spiro atoms. The summed E-state index contributed by atoms with van der Waals surface area (Å²) in [6.45, 7) is 2.37. The lowest BCUT2D eigenvalue weighted by molar-refractivity contribution is -0.138. The Morgan fingerprint density at radius 2 is 1.75 bits per heavy atom. The Morgan fingerprint density at radius 1 is 1.10 bits per heavy atom. The van der Waals surface area contributed by atoms with Crippen molar-refractivity contribution < 1.29 is 17.6 Å². The lowest BCUT2D eigenvalue weighted by Gasteiger charge is -2.36. The smallest absolute Gasteiger partial charge is 0.369 e. The van der Waals surface area contributed by atoms with Gasteiger partial charge in [-0.15, -0.1) is 0 Å². The third-order valence-electron chi connectivity index (χ3n) is 3.35. The summed E-state index contributed by atoms with van der Waals surface area (Å²) in [6, 6.07) is 4.47. The Hall–Kier alpha value is -1.01. The van der Waals surface area contributed by atoms with E-state index in [0.29, 0.717) is 26.2 Å². The molecular weight excluding hydrogens is 296 g/mol. The Morgan fingerprint density at radius 3 is 2.30 bits per heavy atom. The molecule has 0 atom stereocenters. The van der Waals surface area contributed by atoms with Crippen molar-refractivity contribution in [3.8, 4) is 0 Å². The number of hydrogen-bond acceptors (Lipinski definition) is 2. The third-order valence-corrected chi connectivity index (χ3v) is 3.64. The quantitative estimate of drug-likeness (QED) is 0.788. The fraction of sp³-hybridized carbons (Fsp3) is 0.538. The molecule has 1 aromatic rings. The van der Waals surface area contributed by atoms with Gasteiger partial charge in [0.15, 0.2) is 0 Å². The Labute approximate surface area is 119 Å². The van der Waals surface area contributed by atoms with Crippen LogP contribution in [0.3, 0.4) is 0 Å². The number of alkyl halides is 3. The van der Waals surface area contributed by atoms with E-state index in [0.717, 1.165) is 5.69 Å². The van der Waals surface area contributed by atoms with E-state index in [-0.39, 0.29) is 11.6 Å². The van der Waals surface area contributed by atoms with E-state index in [9.17, 15) is 17.6 Å². The van der Waals surface area contributed by atoms with Crippen molar-refractivity contribution in [2.24, 2.45) is 0 Å². The van der Waals surface area contributed by atoms with Crippen molar-refractivity contribution in [2.45, 2.75) is 12.6 Å². The lowest BCUT2D eigenvalue weighted by Crippen LogP contribution is -2.47. The largest absolute Gasteiger partial charge is 0.390 e. The number of hydrogen-bond donors (Lipinski definition) is 0. The molecule has 2 rings (SSSR count). The summed E-state index contributed by atoms with van der Waals surface area (Å²) in [5.74, 6) is -0.473. The summed E-state index contributed by atoms with van der Waals surface area (Å²) in [5, 5.41) is 0.0574. The Balaban J connectivity index is 1.86. The molecule has 0 aromatic heterocycles. The van der Waals surface area contributed by atoms with E-state index in [1.54, 1.807) is 17.0 Å². The monoisotopic (exact) mass is 310 g/mol. The van der Waals surface area contributed by atoms with Crippen LogP contribution in [0.4, 0.5) is 23.2 Å². The predicted octanol–water partition coefficient (Wildman–Crippen LogP) is 3.55. The average Bonchev–Trinajstić information content (AvgIpc) is 2.39. The number of piperazine rings is 1. The van der Waals surface area contributed by atoms with Crippen LogP contribution in [-0.2, 0) is 0 Å². The summed E-state index contributed by atoms with van der Waals surface area (Å²) < 4.78 is 49.5. The van der Waals surface area contributed by atoms with Crippen LogP contribution in [0.2, 0.25) is 5.02 Å². The fourth-order valence-electron chi connectivity index (χ4n) is 2.20. The first-order valence-electron chi connectivity index (χ1n) is 6.34. The van der Waals surface area contributed by atoms with Gasteiger partial charge in [-0.2, -0.15) is 13.2 Å². The molecule has 7 heteroatoms. The van der Waals surface area contributed by atoms with Crippen molar-refractivity contribution in [1.29, 1.82) is 0 Å². The van der Waals surface area contributed by atoms with E-state index >= 15 is 0 Å². The summed E-state index contributed by atoms with van der Waals surface area (Å²) in [5.41, 5.74) is 0.798. The van der Waals surface area contributed by atoms with Gasteiger partial charge in [0.1, 0.15) is 5.82 Å². The van der Waals surface area contributed by atoms with Crippen LogP contribution in [-0.4, -0.2) is 43.8 Å². The van der Waals surface area contributed by atoms with Gasteiger partial charge in [0.05, 0.1) is 11.4 Å². The summed E-state index contributed by atoms with van der Waals surface area (Å²) in [4.78, 5) is 3.78. The molecule has 0 saturated carbocycles. The highest BCUT2D eigenvalue weighted by atomic mass is 35.5. The number of anilines is 1. The standard InChI is InChI=1S/C13H15ClF4N2/c14-11-9-10(1-2-12(11)15)20-7-5-19(6-8-20)4-3-13(16,17)18/h1-2,9H,3-8H2. The summed E-state index contributed by atoms with van der Waals surface area (Å²) in [7, 11) is 0. The maximum atomic E-state index is 13.1. The van der Waals surface area contributed by atoms with Crippen LogP contribution >= 0.6 is 11.6 Å². The van der Waals surface area contributed by atoms with Gasteiger partial charge in [-0.3, -0.25) is 4.90 Å². The first-order chi connectivity index (χ1) is 9.35. The molecule has 0 bridgehead atoms. The topological polar surface area (TPSA) is 6.48 Å². The molecule has 0 N–H and O–H groups in total. The molecule has 1 aliphatic heterocycles. The highest BCUT2D eigenvalue weighted by molar-refractivity contribution is 6.31. The first kappa shape index (κ1) is 15.4. The van der Waals surface area contributed by atoms with Crippen LogP contribution in [0, 0.1) is 5.82 Å². The Bertz CT molecular complexity index is 456. The predicted molar refractivity (Wildman–Crippen MR) is 70.7 cm³/mol. The zero-order valence-electron chi connectivity index (χ0n) is 10.8. The second kappa shape index (κ2) is 6.18. The van der Waals surface area contributed by atoms with Crippen LogP contribution in [0.5, 0.6) is 0 Å². The van der Waals surface area contributed by atoms with Crippen molar-refractivity contribution in [3.05, 3.63) is 29.0 Å². The molecule has 1 heterocycles. The molecule has 20 heavy (non-hydrogen) atoms. The van der Waals surface area contributed by atoms with Crippen LogP contribution in [0.25, 0.3) is 0 Å². The second-order valence-electron chi connectivity index (χ2n) is 4.79. The SMILES string of the molecule is Fc1ccc(N2CCN(CCC(F)(F)F)CC2)cc1Cl. The van der Waals surface area contributed by atoms with Crippen LogP contribution in [0.1, 0.15) is 6.42 Å². The van der Waals surface area contributed by atoms with Gasteiger partial charge >= 0.3 is 6.18 Å². The van der Waals surface area contributed by atoms with Crippen LogP contribution in [0.15, 0.2) is 18.2 Å². The summed E-state index contributed by atoms with van der Waals surface area (Å²) in [6.07, 6.45) is -4.89. The Kier molecular flexibility index (Phi) is 4.75. The second-order valence-corrected chi connectivity index (χ2v) is 5.20. The van der Waals surface area contributed by atoms with Crippen LogP contribution < -0.4 is 4.90 Å². The van der Waals surface area contributed by atoms with Gasteiger partial charge in [0, 0.05) is 38.4 Å². The fourth-order valence-corrected chi connectivity index (χ4v) is 2.37. The lowest BCUT2D eigenvalue weighted by atomic mass is 10.2. The maximum Gasteiger partial charge on any atom is 0.390 e. The van der Waals surface area contributed by atoms with Crippen molar-refractivity contribution >= 4 is 17.3 Å².